The van der Waals surface area contributed by atoms with Crippen LogP contribution in [0.3, 0.4) is 0 Å². The van der Waals surface area contributed by atoms with Gasteiger partial charge in [0.15, 0.2) is 5.82 Å². The molecular formula is C28H26FN5O2. The fourth-order valence-electron chi connectivity index (χ4n) is 4.14. The third-order valence-corrected chi connectivity index (χ3v) is 6.41. The summed E-state index contributed by atoms with van der Waals surface area (Å²) in [4.78, 5) is 24.3. The van der Waals surface area contributed by atoms with E-state index in [0.29, 0.717) is 22.9 Å². The van der Waals surface area contributed by atoms with Gasteiger partial charge in [0.2, 0.25) is 5.91 Å². The number of amides is 1. The van der Waals surface area contributed by atoms with Crippen LogP contribution in [0.25, 0.3) is 11.0 Å². The van der Waals surface area contributed by atoms with Crippen molar-refractivity contribution in [1.29, 1.82) is 0 Å². The lowest BCUT2D eigenvalue weighted by Crippen LogP contribution is -2.33. The molecule has 0 spiro atoms. The van der Waals surface area contributed by atoms with Gasteiger partial charge in [0.1, 0.15) is 23.3 Å². The van der Waals surface area contributed by atoms with Gasteiger partial charge in [-0.25, -0.2) is 14.4 Å². The molecule has 1 N–H and O–H groups in total. The molecule has 7 nitrogen and oxygen atoms in total. The summed E-state index contributed by atoms with van der Waals surface area (Å²) in [6.45, 7) is 2.19. The number of nitrogens with zero attached hydrogens (tertiary/aromatic N) is 4. The molecule has 2 aromatic carbocycles. The minimum Gasteiger partial charge on any atom is -0.497 e. The van der Waals surface area contributed by atoms with E-state index in [-0.39, 0.29) is 18.9 Å². The van der Waals surface area contributed by atoms with E-state index in [9.17, 15) is 9.18 Å². The number of terminal acetylenes is 1. The van der Waals surface area contributed by atoms with Crippen LogP contribution >= 0.6 is 0 Å². The van der Waals surface area contributed by atoms with Crippen LogP contribution < -0.4 is 15.0 Å². The first-order chi connectivity index (χ1) is 17.4. The van der Waals surface area contributed by atoms with Crippen molar-refractivity contribution in [2.45, 2.75) is 26.1 Å². The van der Waals surface area contributed by atoms with Crippen LogP contribution in [0.1, 0.15) is 23.1 Å². The SMILES string of the molecule is C#Cc1ccc(C)c(Nc2cc3c(ncn3C)c(N(Cc3ccc(OC)cc3)C(=O)[C@H]3C[C@H]3F)n2)c1. The Morgan fingerprint density at radius 1 is 1.28 bits per heavy atom. The molecule has 1 fully saturated rings. The van der Waals surface area contributed by atoms with Crippen LogP contribution in [0.2, 0.25) is 0 Å². The highest BCUT2D eigenvalue weighted by Crippen LogP contribution is 2.38. The second-order valence-electron chi connectivity index (χ2n) is 8.98. The fourth-order valence-corrected chi connectivity index (χ4v) is 4.14. The molecule has 4 aromatic rings. The second-order valence-corrected chi connectivity index (χ2v) is 8.98. The number of alkyl halides is 1. The standard InChI is InChI=1S/C28H26FN5O2/c1-5-18-7-6-17(2)23(12-18)31-25-14-24-26(30-16-33(24)3)27(32-25)34(28(35)21-13-22(21)29)15-19-8-10-20(36-4)11-9-19/h1,6-12,14,16,21-22H,13,15H2,2-4H3,(H,31,32)/t21-,22+/m0/s1. The third kappa shape index (κ3) is 4.48. The summed E-state index contributed by atoms with van der Waals surface area (Å²) in [7, 11) is 3.47. The van der Waals surface area contributed by atoms with Crippen molar-refractivity contribution in [2.75, 3.05) is 17.3 Å². The van der Waals surface area contributed by atoms with E-state index in [0.717, 1.165) is 27.9 Å². The molecule has 8 heteroatoms. The number of anilines is 3. The number of carbonyl (C=O) groups excluding carboxylic acids is 1. The molecule has 2 aromatic heterocycles. The van der Waals surface area contributed by atoms with Crippen LogP contribution in [0.4, 0.5) is 21.7 Å². The molecule has 1 aliphatic rings. The molecule has 1 aliphatic carbocycles. The van der Waals surface area contributed by atoms with Gasteiger partial charge in [0.25, 0.3) is 0 Å². The number of pyridine rings is 1. The van der Waals surface area contributed by atoms with Gasteiger partial charge >= 0.3 is 0 Å². The minimum absolute atomic E-state index is 0.222. The molecular weight excluding hydrogens is 457 g/mol. The second kappa shape index (κ2) is 9.34. The number of benzene rings is 2. The highest BCUT2D eigenvalue weighted by atomic mass is 19.1. The summed E-state index contributed by atoms with van der Waals surface area (Å²) in [6, 6.07) is 15.0. The Hall–Kier alpha value is -4.38. The summed E-state index contributed by atoms with van der Waals surface area (Å²) in [5, 5.41) is 3.35. The molecule has 2 atom stereocenters. The van der Waals surface area contributed by atoms with Crippen molar-refractivity contribution in [1.82, 2.24) is 14.5 Å². The maximum absolute atomic E-state index is 14.0. The van der Waals surface area contributed by atoms with E-state index >= 15 is 0 Å². The fraction of sp³-hybridized carbons (Fsp3) is 0.250. The predicted molar refractivity (Wildman–Crippen MR) is 138 cm³/mol. The molecule has 0 bridgehead atoms. The monoisotopic (exact) mass is 483 g/mol. The topological polar surface area (TPSA) is 72.3 Å². The summed E-state index contributed by atoms with van der Waals surface area (Å²) in [5.74, 6) is 3.28. The lowest BCUT2D eigenvalue weighted by molar-refractivity contribution is -0.120. The molecule has 0 radical (unpaired) electrons. The number of rotatable bonds is 7. The van der Waals surface area contributed by atoms with E-state index < -0.39 is 12.1 Å². The molecule has 0 unspecified atom stereocenters. The Balaban J connectivity index is 1.60. The van der Waals surface area contributed by atoms with Crippen LogP contribution in [0.5, 0.6) is 5.75 Å². The molecule has 36 heavy (non-hydrogen) atoms. The number of ether oxygens (including phenoxy) is 1. The van der Waals surface area contributed by atoms with Crippen LogP contribution in [-0.4, -0.2) is 33.7 Å². The van der Waals surface area contributed by atoms with E-state index in [1.807, 2.05) is 67.1 Å². The number of methoxy groups -OCH3 is 1. The maximum Gasteiger partial charge on any atom is 0.234 e. The highest BCUT2D eigenvalue weighted by molar-refractivity contribution is 6.03. The zero-order valence-electron chi connectivity index (χ0n) is 20.3. The van der Waals surface area contributed by atoms with E-state index in [4.69, 9.17) is 16.1 Å². The predicted octanol–water partition coefficient (Wildman–Crippen LogP) is 4.90. The number of hydrogen-bond acceptors (Lipinski definition) is 5. The number of carbonyl (C=O) groups is 1. The Morgan fingerprint density at radius 2 is 2.03 bits per heavy atom. The molecule has 1 saturated carbocycles. The van der Waals surface area contributed by atoms with Crippen molar-refractivity contribution < 1.29 is 13.9 Å². The lowest BCUT2D eigenvalue weighted by atomic mass is 10.1. The maximum atomic E-state index is 14.0. The van der Waals surface area contributed by atoms with E-state index in [1.54, 1.807) is 13.4 Å². The van der Waals surface area contributed by atoms with Gasteiger partial charge in [0, 0.05) is 24.4 Å². The number of nitrogens with one attached hydrogen (secondary N) is 1. The molecule has 0 aliphatic heterocycles. The highest BCUT2D eigenvalue weighted by Gasteiger charge is 2.46. The average Bonchev–Trinajstić information content (AvgIpc) is 3.52. The normalized spacial score (nSPS) is 16.4. The van der Waals surface area contributed by atoms with Crippen LogP contribution in [-0.2, 0) is 18.4 Å². The number of aromatic nitrogens is 3. The Labute approximate surface area is 208 Å². The van der Waals surface area contributed by atoms with Crippen molar-refractivity contribution >= 4 is 34.3 Å². The minimum atomic E-state index is -1.13. The number of aryl methyl sites for hydroxylation is 2. The van der Waals surface area contributed by atoms with Gasteiger partial charge in [-0.1, -0.05) is 24.1 Å². The van der Waals surface area contributed by atoms with Gasteiger partial charge in [0.05, 0.1) is 31.4 Å². The largest absolute Gasteiger partial charge is 0.497 e. The molecule has 1 amide bonds. The van der Waals surface area contributed by atoms with Gasteiger partial charge in [-0.15, -0.1) is 6.42 Å². The zero-order chi connectivity index (χ0) is 25.4. The summed E-state index contributed by atoms with van der Waals surface area (Å²) in [6.07, 6.45) is 6.35. The smallest absolute Gasteiger partial charge is 0.234 e. The van der Waals surface area contributed by atoms with E-state index in [1.165, 1.54) is 4.90 Å². The summed E-state index contributed by atoms with van der Waals surface area (Å²) in [5.41, 5.74) is 4.76. The quantitative estimate of drug-likeness (QED) is 0.379. The average molecular weight is 484 g/mol. The summed E-state index contributed by atoms with van der Waals surface area (Å²) < 4.78 is 21.1. The first-order valence-electron chi connectivity index (χ1n) is 11.6. The number of imidazole rings is 1. The van der Waals surface area contributed by atoms with Crippen molar-refractivity contribution in [3.05, 3.63) is 71.5 Å². The lowest BCUT2D eigenvalue weighted by Gasteiger charge is -2.23. The third-order valence-electron chi connectivity index (χ3n) is 6.41. The van der Waals surface area contributed by atoms with Gasteiger partial charge in [-0.2, -0.15) is 0 Å². The van der Waals surface area contributed by atoms with Crippen LogP contribution in [0, 0.1) is 25.2 Å². The zero-order valence-corrected chi connectivity index (χ0v) is 20.3. The molecule has 5 rings (SSSR count). The Bertz CT molecular complexity index is 1490. The van der Waals surface area contributed by atoms with Gasteiger partial charge < -0.3 is 14.6 Å². The molecule has 0 saturated heterocycles. The van der Waals surface area contributed by atoms with Gasteiger partial charge in [-0.05, 0) is 48.7 Å². The first kappa shape index (κ1) is 23.4. The van der Waals surface area contributed by atoms with Crippen molar-refractivity contribution in [2.24, 2.45) is 13.0 Å². The number of fused-ring (bicyclic) bond motifs is 1. The number of halogens is 1. The number of hydrogen-bond donors (Lipinski definition) is 1. The first-order valence-corrected chi connectivity index (χ1v) is 11.6. The van der Waals surface area contributed by atoms with Gasteiger partial charge in [-0.3, -0.25) is 9.69 Å². The Morgan fingerprint density at radius 3 is 2.69 bits per heavy atom. The molecule has 2 heterocycles. The summed E-state index contributed by atoms with van der Waals surface area (Å²) >= 11 is 0. The van der Waals surface area contributed by atoms with E-state index in [2.05, 4.69) is 16.2 Å². The van der Waals surface area contributed by atoms with Crippen LogP contribution in [0.15, 0.2) is 54.9 Å². The molecule has 182 valence electrons. The van der Waals surface area contributed by atoms with Crippen molar-refractivity contribution in [3.8, 4) is 18.1 Å². The Kier molecular flexibility index (Phi) is 6.06. The van der Waals surface area contributed by atoms with Crippen molar-refractivity contribution in [3.63, 3.8) is 0 Å².